The lowest BCUT2D eigenvalue weighted by molar-refractivity contribution is -0.121. The molecule has 2 heterocycles. The molecule has 1 aromatic carbocycles. The van der Waals surface area contributed by atoms with Crippen molar-refractivity contribution in [2.45, 2.75) is 25.3 Å². The third-order valence-corrected chi connectivity index (χ3v) is 5.20. The van der Waals surface area contributed by atoms with Gasteiger partial charge in [0.05, 0.1) is 19.2 Å². The molecule has 26 heavy (non-hydrogen) atoms. The van der Waals surface area contributed by atoms with E-state index in [0.29, 0.717) is 42.2 Å². The maximum atomic E-state index is 13.3. The van der Waals surface area contributed by atoms with Crippen LogP contribution in [0.3, 0.4) is 0 Å². The van der Waals surface area contributed by atoms with Gasteiger partial charge in [0.2, 0.25) is 5.91 Å². The minimum Gasteiger partial charge on any atom is -0.453 e. The molecule has 0 aliphatic carbocycles. The quantitative estimate of drug-likeness (QED) is 0.889. The van der Waals surface area contributed by atoms with Gasteiger partial charge in [-0.05, 0) is 25.0 Å². The fourth-order valence-corrected chi connectivity index (χ4v) is 3.74. The summed E-state index contributed by atoms with van der Waals surface area (Å²) in [7, 11) is 1.36. The molecule has 138 valence electrons. The Morgan fingerprint density at radius 1 is 1.38 bits per heavy atom. The Morgan fingerprint density at radius 2 is 2.15 bits per heavy atom. The first-order valence-electron chi connectivity index (χ1n) is 8.38. The predicted molar refractivity (Wildman–Crippen MR) is 96.4 cm³/mol. The van der Waals surface area contributed by atoms with Crippen LogP contribution in [0.15, 0.2) is 29.6 Å². The Hall–Kier alpha value is -2.48. The standard InChI is InChI=1S/C18H20FN3O3S/c1-25-18(24)22-7-5-14(6-8-22)20-16(23)10-15-11-26-17(21-15)12-3-2-4-13(19)9-12/h2-4,9,11,14H,5-8,10H2,1H3,(H,20,23). The molecule has 1 N–H and O–H groups in total. The van der Waals surface area contributed by atoms with E-state index in [1.165, 1.54) is 30.6 Å². The highest BCUT2D eigenvalue weighted by Crippen LogP contribution is 2.24. The number of halogens is 1. The van der Waals surface area contributed by atoms with Crippen molar-refractivity contribution in [3.8, 4) is 10.6 Å². The first kappa shape index (κ1) is 18.3. The van der Waals surface area contributed by atoms with Crippen LogP contribution in [-0.4, -0.2) is 48.1 Å². The number of likely N-dealkylation sites (tertiary alicyclic amines) is 1. The summed E-state index contributed by atoms with van der Waals surface area (Å²) in [6.45, 7) is 1.14. The molecule has 0 spiro atoms. The molecule has 8 heteroatoms. The van der Waals surface area contributed by atoms with E-state index in [-0.39, 0.29) is 30.3 Å². The fraction of sp³-hybridized carbons (Fsp3) is 0.389. The van der Waals surface area contributed by atoms with Gasteiger partial charge in [0.1, 0.15) is 10.8 Å². The normalized spacial score (nSPS) is 14.9. The third kappa shape index (κ3) is 4.57. The molecule has 3 rings (SSSR count). The number of nitrogens with zero attached hydrogens (tertiary/aromatic N) is 2. The summed E-state index contributed by atoms with van der Waals surface area (Å²) in [5.74, 6) is -0.409. The van der Waals surface area contributed by atoms with E-state index in [1.807, 2.05) is 5.38 Å². The number of hydrogen-bond donors (Lipinski definition) is 1. The van der Waals surface area contributed by atoms with Gasteiger partial charge in [0, 0.05) is 30.1 Å². The van der Waals surface area contributed by atoms with E-state index in [1.54, 1.807) is 17.0 Å². The smallest absolute Gasteiger partial charge is 0.409 e. The molecular formula is C18H20FN3O3S. The van der Waals surface area contributed by atoms with Crippen LogP contribution in [0.5, 0.6) is 0 Å². The Morgan fingerprint density at radius 3 is 2.85 bits per heavy atom. The monoisotopic (exact) mass is 377 g/mol. The third-order valence-electron chi connectivity index (χ3n) is 4.26. The molecular weight excluding hydrogens is 357 g/mol. The van der Waals surface area contributed by atoms with E-state index in [0.717, 1.165) is 0 Å². The molecule has 0 atom stereocenters. The lowest BCUT2D eigenvalue weighted by atomic mass is 10.1. The Labute approximate surface area is 155 Å². The number of benzene rings is 1. The molecule has 1 fully saturated rings. The van der Waals surface area contributed by atoms with Crippen LogP contribution >= 0.6 is 11.3 Å². The van der Waals surface area contributed by atoms with Crippen molar-refractivity contribution in [1.82, 2.24) is 15.2 Å². The minimum absolute atomic E-state index is 0.0460. The summed E-state index contributed by atoms with van der Waals surface area (Å²) in [5.41, 5.74) is 1.37. The van der Waals surface area contributed by atoms with Gasteiger partial charge in [-0.3, -0.25) is 4.79 Å². The highest BCUT2D eigenvalue weighted by molar-refractivity contribution is 7.13. The molecule has 0 radical (unpaired) electrons. The molecule has 0 bridgehead atoms. The van der Waals surface area contributed by atoms with Crippen molar-refractivity contribution < 1.29 is 18.7 Å². The molecule has 1 aliphatic rings. The summed E-state index contributed by atoms with van der Waals surface area (Å²) < 4.78 is 18.0. The zero-order valence-corrected chi connectivity index (χ0v) is 15.2. The van der Waals surface area contributed by atoms with Gasteiger partial charge in [-0.15, -0.1) is 11.3 Å². The number of methoxy groups -OCH3 is 1. The molecule has 2 amide bonds. The van der Waals surface area contributed by atoms with Gasteiger partial charge in [0.25, 0.3) is 0 Å². The van der Waals surface area contributed by atoms with Crippen molar-refractivity contribution in [3.05, 3.63) is 41.2 Å². The topological polar surface area (TPSA) is 71.5 Å². The fourth-order valence-electron chi connectivity index (χ4n) is 2.92. The van der Waals surface area contributed by atoms with Crippen LogP contribution in [0, 0.1) is 5.82 Å². The predicted octanol–water partition coefficient (Wildman–Crippen LogP) is 2.84. The van der Waals surface area contributed by atoms with Gasteiger partial charge in [0.15, 0.2) is 0 Å². The number of piperidine rings is 1. The van der Waals surface area contributed by atoms with Crippen LogP contribution in [0.1, 0.15) is 18.5 Å². The number of amides is 2. The molecule has 1 saturated heterocycles. The highest BCUT2D eigenvalue weighted by Gasteiger charge is 2.24. The van der Waals surface area contributed by atoms with Gasteiger partial charge in [-0.2, -0.15) is 0 Å². The van der Waals surface area contributed by atoms with Crippen molar-refractivity contribution in [2.24, 2.45) is 0 Å². The van der Waals surface area contributed by atoms with E-state index in [4.69, 9.17) is 4.74 Å². The number of carbonyl (C=O) groups is 2. The van der Waals surface area contributed by atoms with E-state index in [2.05, 4.69) is 10.3 Å². The number of carbonyl (C=O) groups excluding carboxylic acids is 2. The van der Waals surface area contributed by atoms with E-state index in [9.17, 15) is 14.0 Å². The number of nitrogens with one attached hydrogen (secondary N) is 1. The first-order chi connectivity index (χ1) is 12.5. The number of rotatable bonds is 4. The first-order valence-corrected chi connectivity index (χ1v) is 9.25. The van der Waals surface area contributed by atoms with Crippen LogP contribution < -0.4 is 5.32 Å². The van der Waals surface area contributed by atoms with E-state index < -0.39 is 0 Å². The Balaban J connectivity index is 1.51. The Bertz CT molecular complexity index is 787. The lowest BCUT2D eigenvalue weighted by Gasteiger charge is -2.31. The SMILES string of the molecule is COC(=O)N1CCC(NC(=O)Cc2csc(-c3cccc(F)c3)n2)CC1. The summed E-state index contributed by atoms with van der Waals surface area (Å²) in [5, 5.41) is 5.50. The molecule has 6 nitrogen and oxygen atoms in total. The number of aromatic nitrogens is 1. The Kier molecular flexibility index (Phi) is 5.82. The number of ether oxygens (including phenoxy) is 1. The maximum Gasteiger partial charge on any atom is 0.409 e. The maximum absolute atomic E-state index is 13.3. The molecule has 2 aromatic rings. The van der Waals surface area contributed by atoms with Gasteiger partial charge < -0.3 is 15.0 Å². The van der Waals surface area contributed by atoms with Crippen LogP contribution in [0.25, 0.3) is 10.6 Å². The lowest BCUT2D eigenvalue weighted by Crippen LogP contribution is -2.46. The summed E-state index contributed by atoms with van der Waals surface area (Å²) in [6, 6.07) is 6.29. The molecule has 0 saturated carbocycles. The zero-order valence-electron chi connectivity index (χ0n) is 14.4. The second-order valence-corrected chi connectivity index (χ2v) is 6.99. The van der Waals surface area contributed by atoms with E-state index >= 15 is 0 Å². The van der Waals surface area contributed by atoms with Gasteiger partial charge in [-0.1, -0.05) is 12.1 Å². The second kappa shape index (κ2) is 8.27. The van der Waals surface area contributed by atoms with Crippen LogP contribution in [0.2, 0.25) is 0 Å². The average molecular weight is 377 g/mol. The largest absolute Gasteiger partial charge is 0.453 e. The van der Waals surface area contributed by atoms with Crippen LogP contribution in [-0.2, 0) is 16.0 Å². The molecule has 0 unspecified atom stereocenters. The highest BCUT2D eigenvalue weighted by atomic mass is 32.1. The number of hydrogen-bond acceptors (Lipinski definition) is 5. The number of thiazole rings is 1. The summed E-state index contributed by atoms with van der Waals surface area (Å²) in [4.78, 5) is 29.8. The summed E-state index contributed by atoms with van der Waals surface area (Å²) in [6.07, 6.45) is 1.25. The van der Waals surface area contributed by atoms with Crippen molar-refractivity contribution >= 4 is 23.3 Å². The van der Waals surface area contributed by atoms with Gasteiger partial charge >= 0.3 is 6.09 Å². The minimum atomic E-state index is -0.331. The van der Waals surface area contributed by atoms with Crippen molar-refractivity contribution in [3.63, 3.8) is 0 Å². The van der Waals surface area contributed by atoms with Gasteiger partial charge in [-0.25, -0.2) is 14.2 Å². The molecule has 1 aliphatic heterocycles. The summed E-state index contributed by atoms with van der Waals surface area (Å²) >= 11 is 1.39. The van der Waals surface area contributed by atoms with Crippen molar-refractivity contribution in [2.75, 3.05) is 20.2 Å². The van der Waals surface area contributed by atoms with Crippen molar-refractivity contribution in [1.29, 1.82) is 0 Å². The average Bonchev–Trinajstić information content (AvgIpc) is 3.10. The zero-order chi connectivity index (χ0) is 18.5. The second-order valence-electron chi connectivity index (χ2n) is 6.13. The molecule has 1 aromatic heterocycles. The van der Waals surface area contributed by atoms with Crippen LogP contribution in [0.4, 0.5) is 9.18 Å².